The molecule has 0 aliphatic rings. The van der Waals surface area contributed by atoms with E-state index in [2.05, 4.69) is 26.8 Å². The first kappa shape index (κ1) is 19.3. The molecule has 0 saturated heterocycles. The van der Waals surface area contributed by atoms with E-state index in [4.69, 9.17) is 16.3 Å². The van der Waals surface area contributed by atoms with Gasteiger partial charge in [-0.3, -0.25) is 4.98 Å². The van der Waals surface area contributed by atoms with Gasteiger partial charge in [0.2, 0.25) is 11.5 Å². The molecule has 2 aromatic carbocycles. The van der Waals surface area contributed by atoms with Crippen LogP contribution in [0.25, 0.3) is 16.7 Å². The van der Waals surface area contributed by atoms with Gasteiger partial charge >= 0.3 is 0 Å². The van der Waals surface area contributed by atoms with E-state index in [1.54, 1.807) is 7.11 Å². The monoisotopic (exact) mass is 405 g/mol. The van der Waals surface area contributed by atoms with Crippen molar-refractivity contribution in [1.29, 1.82) is 5.26 Å². The van der Waals surface area contributed by atoms with Gasteiger partial charge in [0.15, 0.2) is 0 Å². The number of para-hydroxylation sites is 2. The quantitative estimate of drug-likeness (QED) is 0.369. The van der Waals surface area contributed by atoms with E-state index < -0.39 is 0 Å². The van der Waals surface area contributed by atoms with Crippen molar-refractivity contribution < 1.29 is 9.14 Å². The molecular weight excluding hydrogens is 384 g/mol. The Morgan fingerprint density at radius 1 is 1.17 bits per heavy atom. The maximum absolute atomic E-state index is 9.94. The molecular formula is C23H22ClN4O+. The van der Waals surface area contributed by atoms with Gasteiger partial charge in [-0.2, -0.15) is 9.66 Å². The summed E-state index contributed by atoms with van der Waals surface area (Å²) in [5, 5.41) is 14.2. The van der Waals surface area contributed by atoms with Gasteiger partial charge in [-0.15, -0.1) is 0 Å². The van der Waals surface area contributed by atoms with Crippen LogP contribution in [0.3, 0.4) is 0 Å². The van der Waals surface area contributed by atoms with Crippen molar-refractivity contribution in [1.82, 2.24) is 4.98 Å². The number of H-pyrrole nitrogens is 1. The molecule has 4 aromatic rings. The Kier molecular flexibility index (Phi) is 5.39. The third-order valence-corrected chi connectivity index (χ3v) is 5.60. The number of nitrogens with zero attached hydrogens (tertiary/aromatic N) is 2. The highest BCUT2D eigenvalue weighted by Gasteiger charge is 2.25. The summed E-state index contributed by atoms with van der Waals surface area (Å²) in [4.78, 5) is 3.41. The number of fused-ring (bicyclic) bond motifs is 3. The van der Waals surface area contributed by atoms with Crippen molar-refractivity contribution >= 4 is 34.1 Å². The molecule has 5 nitrogen and oxygen atoms in total. The van der Waals surface area contributed by atoms with Gasteiger partial charge in [0.25, 0.3) is 0 Å². The molecule has 146 valence electrons. The Bertz CT molecular complexity index is 1240. The van der Waals surface area contributed by atoms with Crippen molar-refractivity contribution in [2.24, 2.45) is 0 Å². The Hall–Kier alpha value is -3.07. The maximum atomic E-state index is 9.94. The number of halogens is 1. The topological polar surface area (TPSA) is 64.9 Å². The number of benzene rings is 2. The summed E-state index contributed by atoms with van der Waals surface area (Å²) >= 11 is 6.45. The number of nitriles is 1. The average molecular weight is 406 g/mol. The van der Waals surface area contributed by atoms with Crippen LogP contribution < -0.4 is 9.72 Å². The van der Waals surface area contributed by atoms with Crippen LogP contribution in [0.1, 0.15) is 22.3 Å². The lowest BCUT2D eigenvalue weighted by Crippen LogP contribution is -2.31. The Balaban J connectivity index is 2.03. The predicted octanol–water partition coefficient (Wildman–Crippen LogP) is 4.39. The van der Waals surface area contributed by atoms with Crippen molar-refractivity contribution in [3.8, 4) is 6.07 Å². The molecule has 0 saturated carbocycles. The molecule has 0 aliphatic heterocycles. The molecule has 0 aliphatic carbocycles. The number of ether oxygens (including phenoxy) is 1. The molecule has 0 atom stereocenters. The summed E-state index contributed by atoms with van der Waals surface area (Å²) in [7, 11) is 1.69. The van der Waals surface area contributed by atoms with Gasteiger partial charge < -0.3 is 10.1 Å². The van der Waals surface area contributed by atoms with Gasteiger partial charge in [0, 0.05) is 24.1 Å². The highest BCUT2D eigenvalue weighted by Crippen LogP contribution is 2.29. The minimum Gasteiger partial charge on any atom is -0.381 e. The number of imidazole rings is 1. The molecule has 0 radical (unpaired) electrons. The number of hydrogen-bond acceptors (Lipinski definition) is 3. The average Bonchev–Trinajstić information content (AvgIpc) is 3.11. The molecule has 2 N–H and O–H groups in total. The zero-order valence-electron chi connectivity index (χ0n) is 16.4. The van der Waals surface area contributed by atoms with E-state index in [9.17, 15) is 5.26 Å². The van der Waals surface area contributed by atoms with Crippen LogP contribution >= 0.6 is 11.6 Å². The van der Waals surface area contributed by atoms with Crippen LogP contribution in [0.15, 0.2) is 48.5 Å². The van der Waals surface area contributed by atoms with E-state index in [1.807, 2.05) is 49.4 Å². The third-order valence-electron chi connectivity index (χ3n) is 5.23. The van der Waals surface area contributed by atoms with Crippen LogP contribution in [0.4, 0.5) is 5.82 Å². The third kappa shape index (κ3) is 3.42. The first-order chi connectivity index (χ1) is 14.2. The van der Waals surface area contributed by atoms with Crippen LogP contribution in [0.5, 0.6) is 0 Å². The lowest BCUT2D eigenvalue weighted by atomic mass is 9.97. The van der Waals surface area contributed by atoms with Crippen molar-refractivity contribution in [3.63, 3.8) is 0 Å². The fraction of sp³-hybridized carbons (Fsp3) is 0.217. The highest BCUT2D eigenvalue weighted by atomic mass is 35.5. The number of nitrogens with one attached hydrogen (secondary N) is 2. The van der Waals surface area contributed by atoms with Gasteiger partial charge in [-0.25, -0.2) is 0 Å². The normalized spacial score (nSPS) is 11.1. The van der Waals surface area contributed by atoms with E-state index >= 15 is 0 Å². The second-order valence-corrected chi connectivity index (χ2v) is 7.36. The van der Waals surface area contributed by atoms with Crippen LogP contribution in [-0.4, -0.2) is 25.2 Å². The number of methoxy groups -OCH3 is 1. The zero-order valence-corrected chi connectivity index (χ0v) is 17.2. The predicted molar refractivity (Wildman–Crippen MR) is 116 cm³/mol. The van der Waals surface area contributed by atoms with Crippen LogP contribution in [-0.2, 0) is 11.2 Å². The molecule has 29 heavy (non-hydrogen) atoms. The minimum absolute atomic E-state index is 0.578. The summed E-state index contributed by atoms with van der Waals surface area (Å²) in [6.45, 7) is 3.23. The zero-order chi connectivity index (χ0) is 20.4. The minimum atomic E-state index is 0.578. The second kappa shape index (κ2) is 8.12. The summed E-state index contributed by atoms with van der Waals surface area (Å²) in [6, 6.07) is 18.3. The van der Waals surface area contributed by atoms with Gasteiger partial charge in [0.1, 0.15) is 22.7 Å². The molecule has 0 bridgehead atoms. The molecule has 0 amide bonds. The smallest absolute Gasteiger partial charge is 0.250 e. The van der Waals surface area contributed by atoms with E-state index in [-0.39, 0.29) is 0 Å². The summed E-state index contributed by atoms with van der Waals surface area (Å²) < 4.78 is 7.34. The summed E-state index contributed by atoms with van der Waals surface area (Å²) in [5.41, 5.74) is 6.43. The van der Waals surface area contributed by atoms with E-state index in [1.165, 1.54) is 0 Å². The van der Waals surface area contributed by atoms with E-state index in [0.29, 0.717) is 25.1 Å². The largest absolute Gasteiger partial charge is 0.381 e. The second-order valence-electron chi connectivity index (χ2n) is 6.95. The van der Waals surface area contributed by atoms with Crippen molar-refractivity contribution in [3.05, 3.63) is 75.8 Å². The summed E-state index contributed by atoms with van der Waals surface area (Å²) in [5.74, 6) is 0.950. The van der Waals surface area contributed by atoms with Gasteiger partial charge in [0.05, 0.1) is 13.2 Å². The van der Waals surface area contributed by atoms with E-state index in [0.717, 1.165) is 44.2 Å². The van der Waals surface area contributed by atoms with Crippen LogP contribution in [0.2, 0.25) is 5.02 Å². The van der Waals surface area contributed by atoms with Crippen LogP contribution in [0, 0.1) is 18.3 Å². The fourth-order valence-electron chi connectivity index (χ4n) is 3.77. The number of aromatic amines is 1. The number of anilines is 1. The fourth-order valence-corrected chi connectivity index (χ4v) is 3.97. The number of rotatable bonds is 6. The Morgan fingerprint density at radius 2 is 1.93 bits per heavy atom. The first-order valence-corrected chi connectivity index (χ1v) is 9.87. The molecule has 2 heterocycles. The lowest BCUT2D eigenvalue weighted by molar-refractivity contribution is -0.465. The standard InChI is InChI=1S/C23H21ClN4O/c1-15-17(13-16-7-3-4-8-19(16)24)22(26-11-12-29-2)28-21-10-6-5-9-20(21)27-23(28)18(15)14-25/h3-10H,11-13H2,1-2H3,(H,26,27)/p+1. The van der Waals surface area contributed by atoms with Gasteiger partial charge in [-0.1, -0.05) is 41.9 Å². The van der Waals surface area contributed by atoms with Crippen molar-refractivity contribution in [2.75, 3.05) is 25.6 Å². The SMILES string of the molecule is COCCNc1c(Cc2ccccc2Cl)c(C)c(C#N)c2[nH]c3ccccc3[n+]12. The molecule has 0 unspecified atom stereocenters. The molecule has 6 heteroatoms. The molecule has 0 fully saturated rings. The first-order valence-electron chi connectivity index (χ1n) is 9.50. The Labute approximate surface area is 174 Å². The number of hydrogen-bond donors (Lipinski definition) is 2. The number of pyridine rings is 1. The molecule has 2 aromatic heterocycles. The number of aromatic nitrogens is 2. The highest BCUT2D eigenvalue weighted by molar-refractivity contribution is 6.31. The maximum Gasteiger partial charge on any atom is 0.250 e. The lowest BCUT2D eigenvalue weighted by Gasteiger charge is -2.14. The Morgan fingerprint density at radius 3 is 2.69 bits per heavy atom. The van der Waals surface area contributed by atoms with Crippen molar-refractivity contribution in [2.45, 2.75) is 13.3 Å². The molecule has 0 spiro atoms. The molecule has 4 rings (SSSR count). The summed E-state index contributed by atoms with van der Waals surface area (Å²) in [6.07, 6.45) is 0.623. The van der Waals surface area contributed by atoms with Gasteiger partial charge in [-0.05, 0) is 36.2 Å².